The van der Waals surface area contributed by atoms with Gasteiger partial charge in [0.15, 0.2) is 0 Å². The number of piperazine rings is 2. The molecular weight excluding hydrogens is 898 g/mol. The highest BCUT2D eigenvalue weighted by atomic mass is 35.5. The van der Waals surface area contributed by atoms with Crippen LogP contribution in [0.2, 0.25) is 10.0 Å². The molecule has 2 saturated heterocycles. The number of rotatable bonds is 12. The number of hydrogen-bond donors (Lipinski definition) is 3. The molecule has 0 radical (unpaired) electrons. The van der Waals surface area contributed by atoms with Gasteiger partial charge in [0.25, 0.3) is 0 Å². The summed E-state index contributed by atoms with van der Waals surface area (Å²) in [6.45, 7) is 7.04. The molecule has 0 spiro atoms. The largest absolute Gasteiger partial charge is 0.449 e. The lowest BCUT2D eigenvalue weighted by atomic mass is 9.96. The fourth-order valence-corrected chi connectivity index (χ4v) is 10.5. The molecule has 2 aliphatic heterocycles. The Balaban J connectivity index is 0.000000170. The molecule has 6 heterocycles. The van der Waals surface area contributed by atoms with Gasteiger partial charge >= 0.3 is 12.1 Å². The zero-order valence-electron chi connectivity index (χ0n) is 38.6. The minimum atomic E-state index is -0.215. The van der Waals surface area contributed by atoms with Crippen LogP contribution in [0.1, 0.15) is 93.9 Å². The zero-order valence-corrected chi connectivity index (χ0v) is 40.1. The number of aryl methyl sites for hydroxylation is 6. The fraction of sp³-hybridized carbons (Fsp3) is 0.423. The highest BCUT2D eigenvalue weighted by Crippen LogP contribution is 2.39. The summed E-state index contributed by atoms with van der Waals surface area (Å²) in [6.07, 6.45) is 20.1. The standard InChI is InChI=1S/C26H31ClN6O.C26H30ClN5O2/c27-21-8-9-23-20(16-21)7-6-19-4-3-11-29-24(19)25(23)32-12-14-33(15-13-32)26(34)30-10-2-1-5-22-17-28-18-31-22;27-21-8-9-23-20(16-21)7-6-19-4-3-10-29-24(19)25(23)31-11-13-32(14-12-31)26(33)34-15-2-1-5-22-17-28-18-30-22/h3-4,8-9,11,16-18,25H,1-2,5-7,10,12-15H2,(H,28,31)(H,30,34);3-4,8-10,16-18,25H,1-2,5-7,11-15H2,(H,28,30). The number of unbranched alkanes of at least 4 members (excludes halogenated alkanes) is 2. The van der Waals surface area contributed by atoms with Crippen molar-refractivity contribution >= 4 is 35.3 Å². The lowest BCUT2D eigenvalue weighted by Gasteiger charge is -2.39. The van der Waals surface area contributed by atoms with Crippen LogP contribution in [0.5, 0.6) is 0 Å². The van der Waals surface area contributed by atoms with E-state index in [1.54, 1.807) is 12.7 Å². The SMILES string of the molecule is O=C(NCCCCc1cnc[nH]1)N1CCN(C2c3ccc(Cl)cc3CCc3cccnc32)CC1.O=C(OCCCCc1cnc[nH]1)N1CCN(C2c3ccc(Cl)cc3CCc3cccnc32)CC1. The Morgan fingerprint density at radius 2 is 1.12 bits per heavy atom. The quantitative estimate of drug-likeness (QED) is 0.103. The third kappa shape index (κ3) is 11.7. The average Bonchev–Trinajstić information content (AvgIpc) is 4.04. The average molecular weight is 959 g/mol. The van der Waals surface area contributed by atoms with Gasteiger partial charge in [-0.25, -0.2) is 19.6 Å². The van der Waals surface area contributed by atoms with Crippen LogP contribution in [0.15, 0.2) is 98.1 Å². The van der Waals surface area contributed by atoms with E-state index < -0.39 is 0 Å². The predicted octanol–water partition coefficient (Wildman–Crippen LogP) is 8.42. The number of halogens is 2. The van der Waals surface area contributed by atoms with Crippen LogP contribution in [0, 0.1) is 0 Å². The van der Waals surface area contributed by atoms with Crippen LogP contribution in [0.3, 0.4) is 0 Å². The lowest BCUT2D eigenvalue weighted by Crippen LogP contribution is -2.52. The number of hydrogen-bond acceptors (Lipinski definition) is 9. The third-order valence-electron chi connectivity index (χ3n) is 13.7. The van der Waals surface area contributed by atoms with Gasteiger partial charge in [0.2, 0.25) is 0 Å². The van der Waals surface area contributed by atoms with Crippen LogP contribution in [0.4, 0.5) is 9.59 Å². The Bertz CT molecular complexity index is 2400. The molecule has 0 bridgehead atoms. The van der Waals surface area contributed by atoms with Crippen LogP contribution in [0.25, 0.3) is 0 Å². The van der Waals surface area contributed by atoms with Crippen molar-refractivity contribution in [2.75, 3.05) is 65.5 Å². The Labute approximate surface area is 408 Å². The van der Waals surface area contributed by atoms with Gasteiger partial charge in [-0.15, -0.1) is 0 Å². The molecule has 2 fully saturated rings. The first kappa shape index (κ1) is 47.3. The van der Waals surface area contributed by atoms with Crippen LogP contribution >= 0.6 is 23.2 Å². The normalized spacial score (nSPS) is 18.1. The van der Waals surface area contributed by atoms with Crippen LogP contribution in [-0.2, 0) is 43.3 Å². The number of imidazole rings is 2. The molecule has 10 rings (SSSR count). The summed E-state index contributed by atoms with van der Waals surface area (Å²) in [6, 6.07) is 21.1. The van der Waals surface area contributed by atoms with Gasteiger partial charge in [0, 0.05) is 105 Å². The Hall–Kier alpha value is -5.80. The third-order valence-corrected chi connectivity index (χ3v) is 14.2. The van der Waals surface area contributed by atoms with Crippen molar-refractivity contribution in [3.8, 4) is 0 Å². The number of amides is 3. The van der Waals surface area contributed by atoms with Gasteiger partial charge in [-0.05, 0) is 134 Å². The molecule has 2 atom stereocenters. The summed E-state index contributed by atoms with van der Waals surface area (Å²) in [5, 5.41) is 4.64. The number of nitrogens with one attached hydrogen (secondary N) is 3. The molecule has 16 heteroatoms. The Morgan fingerprint density at radius 3 is 1.63 bits per heavy atom. The summed E-state index contributed by atoms with van der Waals surface area (Å²) < 4.78 is 5.54. The van der Waals surface area contributed by atoms with Gasteiger partial charge in [0.05, 0.1) is 42.7 Å². The number of urea groups is 1. The van der Waals surface area contributed by atoms with E-state index in [1.807, 2.05) is 58.9 Å². The second-order valence-corrected chi connectivity index (χ2v) is 18.9. The number of aromatic amines is 2. The molecule has 14 nitrogen and oxygen atoms in total. The first-order valence-corrected chi connectivity index (χ1v) is 24.9. The van der Waals surface area contributed by atoms with Crippen molar-refractivity contribution in [3.05, 3.63) is 164 Å². The minimum absolute atomic E-state index is 0.0350. The number of fused-ring (bicyclic) bond motifs is 4. The number of carbonyl (C=O) groups excluding carboxylic acids is 2. The highest BCUT2D eigenvalue weighted by molar-refractivity contribution is 6.31. The minimum Gasteiger partial charge on any atom is -0.449 e. The van der Waals surface area contributed by atoms with E-state index in [2.05, 4.69) is 71.5 Å². The molecule has 2 unspecified atom stereocenters. The van der Waals surface area contributed by atoms with Gasteiger partial charge in [-0.1, -0.05) is 47.5 Å². The van der Waals surface area contributed by atoms with E-state index in [-0.39, 0.29) is 24.2 Å². The van der Waals surface area contributed by atoms with Crippen molar-refractivity contribution in [2.24, 2.45) is 0 Å². The molecule has 2 aromatic carbocycles. The van der Waals surface area contributed by atoms with E-state index >= 15 is 0 Å². The summed E-state index contributed by atoms with van der Waals surface area (Å²) in [5.74, 6) is 0. The van der Waals surface area contributed by atoms with Crippen LogP contribution < -0.4 is 5.32 Å². The number of H-pyrrole nitrogens is 2. The Kier molecular flexibility index (Phi) is 16.0. The Morgan fingerprint density at radius 1 is 0.618 bits per heavy atom. The summed E-state index contributed by atoms with van der Waals surface area (Å²) in [5.41, 5.74) is 12.2. The first-order valence-electron chi connectivity index (χ1n) is 24.2. The van der Waals surface area contributed by atoms with E-state index in [0.29, 0.717) is 39.3 Å². The zero-order chi connectivity index (χ0) is 46.7. The van der Waals surface area contributed by atoms with E-state index in [9.17, 15) is 9.59 Å². The smallest absolute Gasteiger partial charge is 0.409 e. The van der Waals surface area contributed by atoms with Crippen molar-refractivity contribution in [3.63, 3.8) is 0 Å². The maximum Gasteiger partial charge on any atom is 0.409 e. The van der Waals surface area contributed by atoms with Crippen molar-refractivity contribution in [2.45, 2.75) is 76.3 Å². The molecular formula is C52H61Cl2N11O3. The number of pyridine rings is 2. The predicted molar refractivity (Wildman–Crippen MR) is 264 cm³/mol. The van der Waals surface area contributed by atoms with E-state index in [1.165, 1.54) is 33.4 Å². The van der Waals surface area contributed by atoms with Gasteiger partial charge in [-0.2, -0.15) is 0 Å². The maximum atomic E-state index is 12.7. The van der Waals surface area contributed by atoms with Gasteiger partial charge in [0.1, 0.15) is 0 Å². The number of benzene rings is 2. The van der Waals surface area contributed by atoms with Gasteiger partial charge < -0.3 is 29.8 Å². The first-order chi connectivity index (χ1) is 33.4. The number of aromatic nitrogens is 6. The summed E-state index contributed by atoms with van der Waals surface area (Å²) in [4.78, 5) is 57.9. The second-order valence-electron chi connectivity index (χ2n) is 18.0. The molecule has 4 aliphatic rings. The van der Waals surface area contributed by atoms with Crippen LogP contribution in [-0.4, -0.2) is 127 Å². The topological polar surface area (TPSA) is 152 Å². The molecule has 0 saturated carbocycles. The van der Waals surface area contributed by atoms with E-state index in [4.69, 9.17) is 37.9 Å². The molecule has 3 N–H and O–H groups in total. The van der Waals surface area contributed by atoms with Crippen molar-refractivity contribution in [1.29, 1.82) is 0 Å². The highest BCUT2D eigenvalue weighted by Gasteiger charge is 2.35. The number of ether oxygens (including phenoxy) is 1. The summed E-state index contributed by atoms with van der Waals surface area (Å²) >= 11 is 12.7. The van der Waals surface area contributed by atoms with Crippen molar-refractivity contribution in [1.82, 2.24) is 54.8 Å². The number of carbonyl (C=O) groups is 2. The lowest BCUT2D eigenvalue weighted by molar-refractivity contribution is 0.0672. The molecule has 4 aromatic heterocycles. The maximum absolute atomic E-state index is 12.7. The van der Waals surface area contributed by atoms with Crippen molar-refractivity contribution < 1.29 is 14.3 Å². The molecule has 6 aromatic rings. The molecule has 3 amide bonds. The van der Waals surface area contributed by atoms with Gasteiger partial charge in [-0.3, -0.25) is 19.8 Å². The molecule has 2 aliphatic carbocycles. The molecule has 68 heavy (non-hydrogen) atoms. The summed E-state index contributed by atoms with van der Waals surface area (Å²) in [7, 11) is 0. The number of nitrogens with zero attached hydrogens (tertiary/aromatic N) is 8. The molecule has 356 valence electrons. The second kappa shape index (κ2) is 23.0. The van der Waals surface area contributed by atoms with E-state index in [0.717, 1.165) is 123 Å². The fourth-order valence-electron chi connectivity index (χ4n) is 10.1. The monoisotopic (exact) mass is 957 g/mol.